The van der Waals surface area contributed by atoms with E-state index in [1.165, 1.54) is 12.1 Å². The van der Waals surface area contributed by atoms with E-state index in [9.17, 15) is 29.1 Å². The SMILES string of the molecule is NC(=O)C[C@H](NC(=O)[C@H](Cc1c[nH]c2ccccc12)NC(=O)[C@@H](S)[C@@H](N)Cc1ccc(C(=O)O)cc1)C(=O)O. The Morgan fingerprint density at radius 3 is 2.15 bits per heavy atom. The van der Waals surface area contributed by atoms with E-state index in [1.54, 1.807) is 18.3 Å². The minimum atomic E-state index is -1.58. The molecule has 39 heavy (non-hydrogen) atoms. The second-order valence-electron chi connectivity index (χ2n) is 9.01. The summed E-state index contributed by atoms with van der Waals surface area (Å²) < 4.78 is 0. The number of hydrogen-bond donors (Lipinski definition) is 8. The first-order chi connectivity index (χ1) is 18.5. The number of nitrogens with one attached hydrogen (secondary N) is 3. The van der Waals surface area contributed by atoms with Crippen LogP contribution in [0.5, 0.6) is 0 Å². The van der Waals surface area contributed by atoms with Gasteiger partial charge in [-0.3, -0.25) is 14.4 Å². The molecule has 1 aromatic heterocycles. The fraction of sp³-hybridized carbons (Fsp3) is 0.269. The van der Waals surface area contributed by atoms with E-state index < -0.39 is 59.5 Å². The molecule has 0 unspecified atom stereocenters. The topological polar surface area (TPSA) is 218 Å². The number of H-pyrrole nitrogens is 1. The molecule has 1 heterocycles. The highest BCUT2D eigenvalue weighted by atomic mass is 32.1. The van der Waals surface area contributed by atoms with Crippen LogP contribution in [0.1, 0.15) is 27.9 Å². The molecule has 0 aliphatic carbocycles. The molecule has 0 aliphatic rings. The van der Waals surface area contributed by atoms with Crippen LogP contribution in [0.15, 0.2) is 54.7 Å². The molecule has 4 atom stereocenters. The molecule has 3 rings (SSSR count). The largest absolute Gasteiger partial charge is 0.480 e. The molecule has 0 radical (unpaired) electrons. The second-order valence-corrected chi connectivity index (χ2v) is 9.57. The molecule has 13 heteroatoms. The molecule has 0 spiro atoms. The van der Waals surface area contributed by atoms with Crippen molar-refractivity contribution in [3.63, 3.8) is 0 Å². The standard InChI is InChI=1S/C26H29N5O7S/c27-17(9-13-5-7-14(8-6-13)25(35)36)22(39)24(34)30-19(23(33)31-20(26(37)38)11-21(28)32)10-15-12-29-18-4-2-1-3-16(15)18/h1-8,12,17,19-20,22,29,39H,9-11,27H2,(H2,28,32)(H,30,34)(H,31,33)(H,35,36)(H,37,38)/t17-,19-,20-,22-/m0/s1. The van der Waals surface area contributed by atoms with Crippen LogP contribution in [0.4, 0.5) is 0 Å². The molecule has 2 aromatic carbocycles. The van der Waals surface area contributed by atoms with Gasteiger partial charge in [0.15, 0.2) is 0 Å². The Morgan fingerprint density at radius 2 is 1.54 bits per heavy atom. The predicted octanol–water partition coefficient (Wildman–Crippen LogP) is 0.207. The monoisotopic (exact) mass is 555 g/mol. The normalized spacial score (nSPS) is 14.1. The molecule has 0 bridgehead atoms. The van der Waals surface area contributed by atoms with E-state index >= 15 is 0 Å². The number of thiol groups is 1. The summed E-state index contributed by atoms with van der Waals surface area (Å²) in [6.45, 7) is 0. The number of primary amides is 1. The van der Waals surface area contributed by atoms with Crippen LogP contribution in [0.2, 0.25) is 0 Å². The number of benzene rings is 2. The van der Waals surface area contributed by atoms with Gasteiger partial charge < -0.3 is 37.3 Å². The van der Waals surface area contributed by atoms with Crippen LogP contribution >= 0.6 is 12.6 Å². The van der Waals surface area contributed by atoms with Gasteiger partial charge in [-0.2, -0.15) is 12.6 Å². The molecule has 9 N–H and O–H groups in total. The zero-order valence-corrected chi connectivity index (χ0v) is 21.6. The molecule has 3 aromatic rings. The molecule has 12 nitrogen and oxygen atoms in total. The maximum atomic E-state index is 13.2. The highest BCUT2D eigenvalue weighted by Gasteiger charge is 2.31. The van der Waals surface area contributed by atoms with Gasteiger partial charge in [-0.15, -0.1) is 0 Å². The Morgan fingerprint density at radius 1 is 0.897 bits per heavy atom. The fourth-order valence-corrected chi connectivity index (χ4v) is 4.20. The number of nitrogens with two attached hydrogens (primary N) is 2. The number of aromatic amines is 1. The average Bonchev–Trinajstić information content (AvgIpc) is 3.30. The Bertz CT molecular complexity index is 1370. The number of hydrogen-bond acceptors (Lipinski definition) is 7. The number of carbonyl (C=O) groups excluding carboxylic acids is 3. The number of carboxylic acid groups (broad SMARTS) is 2. The van der Waals surface area contributed by atoms with Gasteiger partial charge in [-0.25, -0.2) is 9.59 Å². The van der Waals surface area contributed by atoms with Gasteiger partial charge in [0.1, 0.15) is 12.1 Å². The van der Waals surface area contributed by atoms with E-state index in [1.807, 2.05) is 24.3 Å². The van der Waals surface area contributed by atoms with Gasteiger partial charge in [0.2, 0.25) is 17.7 Å². The minimum Gasteiger partial charge on any atom is -0.480 e. The number of carboxylic acids is 2. The summed E-state index contributed by atoms with van der Waals surface area (Å²) in [7, 11) is 0. The summed E-state index contributed by atoms with van der Waals surface area (Å²) in [6.07, 6.45) is 1.24. The Balaban J connectivity index is 1.77. The van der Waals surface area contributed by atoms with Crippen molar-refractivity contribution in [2.75, 3.05) is 0 Å². The minimum absolute atomic E-state index is 0.00309. The maximum Gasteiger partial charge on any atom is 0.335 e. The quantitative estimate of drug-likeness (QED) is 0.136. The van der Waals surface area contributed by atoms with Crippen LogP contribution in [0.3, 0.4) is 0 Å². The lowest BCUT2D eigenvalue weighted by atomic mass is 10.0. The van der Waals surface area contributed by atoms with Crippen molar-refractivity contribution < 1.29 is 34.2 Å². The van der Waals surface area contributed by atoms with Gasteiger partial charge >= 0.3 is 11.9 Å². The lowest BCUT2D eigenvalue weighted by Crippen LogP contribution is -2.56. The van der Waals surface area contributed by atoms with Gasteiger partial charge in [0, 0.05) is 29.6 Å². The molecular weight excluding hydrogens is 526 g/mol. The van der Waals surface area contributed by atoms with Crippen LogP contribution in [-0.4, -0.2) is 68.2 Å². The number of fused-ring (bicyclic) bond motifs is 1. The molecule has 0 aliphatic heterocycles. The van der Waals surface area contributed by atoms with Crippen LogP contribution in [0.25, 0.3) is 10.9 Å². The number of aliphatic carboxylic acids is 1. The van der Waals surface area contributed by atoms with E-state index in [0.29, 0.717) is 11.1 Å². The number of para-hydroxylation sites is 1. The number of aromatic nitrogens is 1. The zero-order valence-electron chi connectivity index (χ0n) is 20.7. The van der Waals surface area contributed by atoms with E-state index in [4.69, 9.17) is 16.6 Å². The van der Waals surface area contributed by atoms with Crippen molar-refractivity contribution in [3.8, 4) is 0 Å². The Labute approximate surface area is 228 Å². The maximum absolute atomic E-state index is 13.2. The van der Waals surface area contributed by atoms with E-state index in [-0.39, 0.29) is 18.4 Å². The third-order valence-corrected chi connectivity index (χ3v) is 6.72. The molecule has 3 amide bonds. The summed E-state index contributed by atoms with van der Waals surface area (Å²) >= 11 is 4.34. The summed E-state index contributed by atoms with van der Waals surface area (Å²) in [5.41, 5.74) is 13.6. The fourth-order valence-electron chi connectivity index (χ4n) is 4.02. The van der Waals surface area contributed by atoms with Crippen LogP contribution in [-0.2, 0) is 32.0 Å². The number of carbonyl (C=O) groups is 5. The lowest BCUT2D eigenvalue weighted by Gasteiger charge is -2.24. The van der Waals surface area contributed by atoms with E-state index in [0.717, 1.165) is 10.9 Å². The smallest absolute Gasteiger partial charge is 0.335 e. The van der Waals surface area contributed by atoms with Crippen LogP contribution < -0.4 is 22.1 Å². The van der Waals surface area contributed by atoms with Gasteiger partial charge in [0.05, 0.1) is 17.2 Å². The third-order valence-electron chi connectivity index (χ3n) is 6.10. The number of amides is 3. The summed E-state index contributed by atoms with van der Waals surface area (Å²) in [5.74, 6) is -4.95. The summed E-state index contributed by atoms with van der Waals surface area (Å²) in [4.78, 5) is 63.2. The van der Waals surface area contributed by atoms with Crippen molar-refractivity contribution in [3.05, 3.63) is 71.4 Å². The Kier molecular flexibility index (Phi) is 9.68. The predicted molar refractivity (Wildman–Crippen MR) is 145 cm³/mol. The van der Waals surface area contributed by atoms with Crippen LogP contribution in [0, 0.1) is 0 Å². The van der Waals surface area contributed by atoms with E-state index in [2.05, 4.69) is 28.2 Å². The van der Waals surface area contributed by atoms with Crippen molar-refractivity contribution >= 4 is 53.2 Å². The van der Waals surface area contributed by atoms with Gasteiger partial charge in [-0.1, -0.05) is 30.3 Å². The second kappa shape index (κ2) is 12.9. The van der Waals surface area contributed by atoms with Gasteiger partial charge in [-0.05, 0) is 35.7 Å². The molecule has 0 fully saturated rings. The molecule has 0 saturated heterocycles. The van der Waals surface area contributed by atoms with Gasteiger partial charge in [0.25, 0.3) is 0 Å². The zero-order chi connectivity index (χ0) is 28.7. The third kappa shape index (κ3) is 7.82. The van der Waals surface area contributed by atoms with Crippen molar-refractivity contribution in [1.82, 2.24) is 15.6 Å². The molecule has 206 valence electrons. The van der Waals surface area contributed by atoms with Crippen molar-refractivity contribution in [2.24, 2.45) is 11.5 Å². The summed E-state index contributed by atoms with van der Waals surface area (Å²) in [6, 6.07) is 9.70. The number of rotatable bonds is 13. The first kappa shape index (κ1) is 29.2. The van der Waals surface area contributed by atoms with Crippen molar-refractivity contribution in [2.45, 2.75) is 42.6 Å². The first-order valence-corrected chi connectivity index (χ1v) is 12.4. The number of aromatic carboxylic acids is 1. The molecule has 0 saturated carbocycles. The first-order valence-electron chi connectivity index (χ1n) is 11.9. The Hall–Kier alpha value is -4.36. The lowest BCUT2D eigenvalue weighted by molar-refractivity contribution is -0.143. The summed E-state index contributed by atoms with van der Waals surface area (Å²) in [5, 5.41) is 23.1. The average molecular weight is 556 g/mol. The molecular formula is C26H29N5O7S. The highest BCUT2D eigenvalue weighted by Crippen LogP contribution is 2.20. The highest BCUT2D eigenvalue weighted by molar-refractivity contribution is 7.81. The van der Waals surface area contributed by atoms with Crippen molar-refractivity contribution in [1.29, 1.82) is 0 Å².